The van der Waals surface area contributed by atoms with Crippen LogP contribution in [0.1, 0.15) is 38.2 Å². The molecule has 140 valence electrons. The number of unbranched alkanes of at least 4 members (excludes halogenated alkanes) is 1. The molecule has 0 atom stereocenters. The van der Waals surface area contributed by atoms with E-state index in [9.17, 15) is 0 Å². The van der Waals surface area contributed by atoms with Gasteiger partial charge in [0.15, 0.2) is 5.96 Å². The molecule has 5 heteroatoms. The Bertz CT molecular complexity index is 507. The molecule has 0 spiro atoms. The summed E-state index contributed by atoms with van der Waals surface area (Å²) in [4.78, 5) is 6.85. The van der Waals surface area contributed by atoms with Crippen LogP contribution in [0.25, 0.3) is 0 Å². The SMILES string of the molecule is CCCCNC(=NC)NCC1CCN(Cc2ccc(OC)cc2)CC1. The Morgan fingerprint density at radius 1 is 1.20 bits per heavy atom. The van der Waals surface area contributed by atoms with Crippen molar-refractivity contribution in [3.05, 3.63) is 29.8 Å². The third kappa shape index (κ3) is 6.94. The second kappa shape index (κ2) is 11.0. The van der Waals surface area contributed by atoms with Gasteiger partial charge in [0.05, 0.1) is 7.11 Å². The molecule has 0 bridgehead atoms. The summed E-state index contributed by atoms with van der Waals surface area (Å²) in [6.45, 7) is 7.58. The number of aliphatic imine (C=N–C) groups is 1. The van der Waals surface area contributed by atoms with E-state index < -0.39 is 0 Å². The van der Waals surface area contributed by atoms with Gasteiger partial charge in [-0.25, -0.2) is 0 Å². The number of likely N-dealkylation sites (tertiary alicyclic amines) is 1. The van der Waals surface area contributed by atoms with Crippen molar-refractivity contribution < 1.29 is 4.74 Å². The molecule has 0 saturated carbocycles. The first-order chi connectivity index (χ1) is 12.2. The lowest BCUT2D eigenvalue weighted by atomic mass is 9.96. The summed E-state index contributed by atoms with van der Waals surface area (Å²) in [5.41, 5.74) is 1.36. The maximum Gasteiger partial charge on any atom is 0.190 e. The number of hydrogen-bond acceptors (Lipinski definition) is 3. The highest BCUT2D eigenvalue weighted by Gasteiger charge is 2.19. The maximum absolute atomic E-state index is 5.22. The minimum Gasteiger partial charge on any atom is -0.497 e. The van der Waals surface area contributed by atoms with Gasteiger partial charge in [-0.15, -0.1) is 0 Å². The van der Waals surface area contributed by atoms with Crippen molar-refractivity contribution in [1.82, 2.24) is 15.5 Å². The summed E-state index contributed by atoms with van der Waals surface area (Å²) < 4.78 is 5.22. The van der Waals surface area contributed by atoms with Crippen LogP contribution in [0.5, 0.6) is 5.75 Å². The lowest BCUT2D eigenvalue weighted by Crippen LogP contribution is -2.42. The maximum atomic E-state index is 5.22. The Balaban J connectivity index is 1.66. The highest BCUT2D eigenvalue weighted by Crippen LogP contribution is 2.19. The molecular formula is C20H34N4O. The second-order valence-corrected chi connectivity index (χ2v) is 6.80. The Morgan fingerprint density at radius 3 is 2.52 bits per heavy atom. The van der Waals surface area contributed by atoms with E-state index in [0.717, 1.165) is 37.3 Å². The number of benzene rings is 1. The average molecular weight is 347 g/mol. The molecule has 2 N–H and O–H groups in total. The van der Waals surface area contributed by atoms with E-state index in [1.165, 1.54) is 44.3 Å². The molecule has 1 aromatic carbocycles. The largest absolute Gasteiger partial charge is 0.497 e. The lowest BCUT2D eigenvalue weighted by Gasteiger charge is -2.32. The van der Waals surface area contributed by atoms with Gasteiger partial charge in [0, 0.05) is 26.7 Å². The van der Waals surface area contributed by atoms with E-state index >= 15 is 0 Å². The zero-order valence-corrected chi connectivity index (χ0v) is 16.1. The smallest absolute Gasteiger partial charge is 0.190 e. The zero-order chi connectivity index (χ0) is 17.9. The Labute approximate surface area is 152 Å². The van der Waals surface area contributed by atoms with E-state index in [1.807, 2.05) is 19.2 Å². The van der Waals surface area contributed by atoms with Gasteiger partial charge in [-0.2, -0.15) is 0 Å². The van der Waals surface area contributed by atoms with Gasteiger partial charge < -0.3 is 15.4 Å². The normalized spacial score (nSPS) is 16.7. The summed E-state index contributed by atoms with van der Waals surface area (Å²) >= 11 is 0. The molecule has 1 heterocycles. The topological polar surface area (TPSA) is 48.9 Å². The molecule has 0 amide bonds. The zero-order valence-electron chi connectivity index (χ0n) is 16.1. The first-order valence-corrected chi connectivity index (χ1v) is 9.55. The van der Waals surface area contributed by atoms with Crippen LogP contribution in [-0.2, 0) is 6.54 Å². The van der Waals surface area contributed by atoms with Crippen LogP contribution in [-0.4, -0.2) is 51.2 Å². The summed E-state index contributed by atoms with van der Waals surface area (Å²) in [6, 6.07) is 8.42. The van der Waals surface area contributed by atoms with E-state index in [4.69, 9.17) is 4.74 Å². The number of methoxy groups -OCH3 is 1. The van der Waals surface area contributed by atoms with Crippen LogP contribution >= 0.6 is 0 Å². The third-order valence-corrected chi connectivity index (χ3v) is 4.88. The van der Waals surface area contributed by atoms with Gasteiger partial charge in [-0.3, -0.25) is 9.89 Å². The quantitative estimate of drug-likeness (QED) is 0.432. The summed E-state index contributed by atoms with van der Waals surface area (Å²) in [6.07, 6.45) is 4.88. The van der Waals surface area contributed by atoms with Crippen LogP contribution < -0.4 is 15.4 Å². The molecule has 1 aliphatic rings. The molecule has 5 nitrogen and oxygen atoms in total. The molecule has 0 aliphatic carbocycles. The number of ether oxygens (including phenoxy) is 1. The van der Waals surface area contributed by atoms with E-state index in [0.29, 0.717) is 0 Å². The second-order valence-electron chi connectivity index (χ2n) is 6.80. The van der Waals surface area contributed by atoms with Crippen LogP contribution in [0, 0.1) is 5.92 Å². The standard InChI is InChI=1S/C20H34N4O/c1-4-5-12-22-20(21-2)23-15-17-10-13-24(14-11-17)16-18-6-8-19(25-3)9-7-18/h6-9,17H,4-5,10-16H2,1-3H3,(H2,21,22,23). The predicted molar refractivity (Wildman–Crippen MR) is 105 cm³/mol. The first-order valence-electron chi connectivity index (χ1n) is 9.55. The monoisotopic (exact) mass is 346 g/mol. The van der Waals surface area contributed by atoms with Gasteiger partial charge in [-0.1, -0.05) is 25.5 Å². The van der Waals surface area contributed by atoms with Gasteiger partial charge in [0.2, 0.25) is 0 Å². The molecule has 2 rings (SSSR count). The third-order valence-electron chi connectivity index (χ3n) is 4.88. The van der Waals surface area contributed by atoms with E-state index in [1.54, 1.807) is 7.11 Å². The predicted octanol–water partition coefficient (Wildman–Crippen LogP) is 2.87. The van der Waals surface area contributed by atoms with Crippen molar-refractivity contribution in [2.24, 2.45) is 10.9 Å². The van der Waals surface area contributed by atoms with Crippen molar-refractivity contribution in [1.29, 1.82) is 0 Å². The van der Waals surface area contributed by atoms with Gasteiger partial charge in [0.25, 0.3) is 0 Å². The van der Waals surface area contributed by atoms with Gasteiger partial charge in [0.1, 0.15) is 5.75 Å². The number of rotatable bonds is 8. The molecule has 1 saturated heterocycles. The molecular weight excluding hydrogens is 312 g/mol. The highest BCUT2D eigenvalue weighted by atomic mass is 16.5. The van der Waals surface area contributed by atoms with Crippen molar-refractivity contribution in [3.8, 4) is 5.75 Å². The fourth-order valence-corrected chi connectivity index (χ4v) is 3.18. The summed E-state index contributed by atoms with van der Waals surface area (Å²) in [5, 5.41) is 6.86. The first kappa shape index (κ1) is 19.6. The van der Waals surface area contributed by atoms with Crippen LogP contribution in [0.2, 0.25) is 0 Å². The summed E-state index contributed by atoms with van der Waals surface area (Å²) in [7, 11) is 3.56. The minimum absolute atomic E-state index is 0.733. The number of hydrogen-bond donors (Lipinski definition) is 2. The molecule has 25 heavy (non-hydrogen) atoms. The minimum atomic E-state index is 0.733. The lowest BCUT2D eigenvalue weighted by molar-refractivity contribution is 0.178. The molecule has 0 radical (unpaired) electrons. The Hall–Kier alpha value is -1.75. The number of guanidine groups is 1. The number of nitrogens with one attached hydrogen (secondary N) is 2. The van der Waals surface area contributed by atoms with Crippen molar-refractivity contribution in [2.45, 2.75) is 39.2 Å². The van der Waals surface area contributed by atoms with Crippen molar-refractivity contribution in [3.63, 3.8) is 0 Å². The van der Waals surface area contributed by atoms with Crippen LogP contribution in [0.3, 0.4) is 0 Å². The molecule has 0 unspecified atom stereocenters. The van der Waals surface area contributed by atoms with Crippen molar-refractivity contribution in [2.75, 3.05) is 40.3 Å². The molecule has 1 aromatic rings. The fraction of sp³-hybridized carbons (Fsp3) is 0.650. The Morgan fingerprint density at radius 2 is 1.92 bits per heavy atom. The molecule has 1 fully saturated rings. The van der Waals surface area contributed by atoms with Crippen LogP contribution in [0.4, 0.5) is 0 Å². The van der Waals surface area contributed by atoms with Gasteiger partial charge >= 0.3 is 0 Å². The van der Waals surface area contributed by atoms with E-state index in [-0.39, 0.29) is 0 Å². The highest BCUT2D eigenvalue weighted by molar-refractivity contribution is 5.79. The molecule has 1 aliphatic heterocycles. The average Bonchev–Trinajstić information content (AvgIpc) is 2.66. The summed E-state index contributed by atoms with van der Waals surface area (Å²) in [5.74, 6) is 2.60. The van der Waals surface area contributed by atoms with Crippen LogP contribution in [0.15, 0.2) is 29.3 Å². The fourth-order valence-electron chi connectivity index (χ4n) is 3.18. The van der Waals surface area contributed by atoms with E-state index in [2.05, 4.69) is 39.6 Å². The molecule has 0 aromatic heterocycles. The number of nitrogens with zero attached hydrogens (tertiary/aromatic N) is 2. The Kier molecular flexibility index (Phi) is 8.60. The number of piperidine rings is 1. The van der Waals surface area contributed by atoms with Gasteiger partial charge in [-0.05, 0) is 56.0 Å². The van der Waals surface area contributed by atoms with Crippen molar-refractivity contribution >= 4 is 5.96 Å².